The van der Waals surface area contributed by atoms with Crippen molar-refractivity contribution in [3.8, 4) is 11.4 Å². The molecule has 0 fully saturated rings. The van der Waals surface area contributed by atoms with Gasteiger partial charge in [0.05, 0.1) is 18.5 Å². The highest BCUT2D eigenvalue weighted by molar-refractivity contribution is 5.99. The van der Waals surface area contributed by atoms with Gasteiger partial charge in [-0.15, -0.1) is 0 Å². The highest BCUT2D eigenvalue weighted by Crippen LogP contribution is 2.27. The molecule has 1 heterocycles. The Hall–Kier alpha value is -3.68. The topological polar surface area (TPSA) is 76.5 Å². The lowest BCUT2D eigenvalue weighted by atomic mass is 9.92. The number of methoxy groups -OCH3 is 1. The van der Waals surface area contributed by atoms with E-state index in [4.69, 9.17) is 9.84 Å². The van der Waals surface area contributed by atoms with Crippen LogP contribution in [0, 0.1) is 5.82 Å². The fourth-order valence-corrected chi connectivity index (χ4v) is 3.49. The van der Waals surface area contributed by atoms with Crippen molar-refractivity contribution in [3.05, 3.63) is 71.7 Å². The summed E-state index contributed by atoms with van der Waals surface area (Å²) in [5.41, 5.74) is 1.69. The first-order chi connectivity index (χ1) is 16.6. The van der Waals surface area contributed by atoms with Gasteiger partial charge in [0.2, 0.25) is 5.91 Å². The number of nitrogens with zero attached hydrogens (tertiary/aromatic N) is 3. The quantitative estimate of drug-likeness (QED) is 0.457. The van der Waals surface area contributed by atoms with Crippen LogP contribution in [0.5, 0.6) is 5.75 Å². The SMILES string of the molecule is CCCCN(CC(=O)Nc1cc(C(C)(C)C)nn1-c1ccc(OC)cc1)C(=O)c1ccc(F)cc1. The molecule has 0 aliphatic heterocycles. The average Bonchev–Trinajstić information content (AvgIpc) is 3.26. The molecule has 2 aromatic carbocycles. The Morgan fingerprint density at radius 3 is 2.31 bits per heavy atom. The van der Waals surface area contributed by atoms with E-state index in [0.29, 0.717) is 23.7 Å². The lowest BCUT2D eigenvalue weighted by Gasteiger charge is -2.22. The summed E-state index contributed by atoms with van der Waals surface area (Å²) in [4.78, 5) is 27.6. The van der Waals surface area contributed by atoms with Crippen LogP contribution in [0.25, 0.3) is 5.69 Å². The number of rotatable bonds is 9. The Balaban J connectivity index is 1.85. The molecule has 1 N–H and O–H groups in total. The number of carbonyl (C=O) groups excluding carboxylic acids is 2. The molecule has 1 aromatic heterocycles. The number of amides is 2. The van der Waals surface area contributed by atoms with Gasteiger partial charge in [-0.05, 0) is 55.0 Å². The molecular weight excluding hydrogens is 447 g/mol. The standard InChI is InChI=1S/C27H33FN4O3/c1-6-7-16-31(26(34)19-8-10-20(28)11-9-19)18-25(33)29-24-17-23(27(2,3)4)30-32(24)21-12-14-22(35-5)15-13-21/h8-15,17H,6-7,16,18H2,1-5H3,(H,29,33). The van der Waals surface area contributed by atoms with Gasteiger partial charge in [-0.3, -0.25) is 9.59 Å². The van der Waals surface area contributed by atoms with E-state index in [0.717, 1.165) is 24.2 Å². The first kappa shape index (κ1) is 25.9. The highest BCUT2D eigenvalue weighted by Gasteiger charge is 2.23. The van der Waals surface area contributed by atoms with Gasteiger partial charge < -0.3 is 15.0 Å². The lowest BCUT2D eigenvalue weighted by Crippen LogP contribution is -2.39. The van der Waals surface area contributed by atoms with Gasteiger partial charge in [-0.25, -0.2) is 9.07 Å². The van der Waals surface area contributed by atoms with Crippen molar-refractivity contribution in [2.45, 2.75) is 46.0 Å². The second-order valence-electron chi connectivity index (χ2n) is 9.41. The van der Waals surface area contributed by atoms with E-state index in [-0.39, 0.29) is 23.8 Å². The first-order valence-electron chi connectivity index (χ1n) is 11.7. The van der Waals surface area contributed by atoms with Crippen LogP contribution in [-0.2, 0) is 10.2 Å². The summed E-state index contributed by atoms with van der Waals surface area (Å²) < 4.78 is 20.2. The van der Waals surface area contributed by atoms with Crippen molar-refractivity contribution in [2.75, 3.05) is 25.5 Å². The summed E-state index contributed by atoms with van der Waals surface area (Å²) in [6.07, 6.45) is 1.62. The number of carbonyl (C=O) groups is 2. The number of aromatic nitrogens is 2. The third-order valence-electron chi connectivity index (χ3n) is 5.56. The molecule has 0 unspecified atom stereocenters. The molecular formula is C27H33FN4O3. The molecule has 3 rings (SSSR count). The van der Waals surface area contributed by atoms with Gasteiger partial charge in [-0.1, -0.05) is 34.1 Å². The fraction of sp³-hybridized carbons (Fsp3) is 0.370. The second kappa shape index (κ2) is 11.2. The Labute approximate surface area is 205 Å². The summed E-state index contributed by atoms with van der Waals surface area (Å²) in [5.74, 6) is 0.156. The molecule has 0 spiro atoms. The Morgan fingerprint density at radius 2 is 1.74 bits per heavy atom. The van der Waals surface area contributed by atoms with Crippen LogP contribution in [-0.4, -0.2) is 46.7 Å². The number of hydrogen-bond acceptors (Lipinski definition) is 4. The van der Waals surface area contributed by atoms with E-state index >= 15 is 0 Å². The van der Waals surface area contributed by atoms with Gasteiger partial charge in [0.1, 0.15) is 23.9 Å². The van der Waals surface area contributed by atoms with Gasteiger partial charge >= 0.3 is 0 Å². The maximum atomic E-state index is 13.3. The van der Waals surface area contributed by atoms with Crippen molar-refractivity contribution >= 4 is 17.6 Å². The zero-order valence-corrected chi connectivity index (χ0v) is 21.0. The summed E-state index contributed by atoms with van der Waals surface area (Å²) in [5, 5.41) is 7.65. The molecule has 3 aromatic rings. The van der Waals surface area contributed by atoms with Crippen LogP contribution < -0.4 is 10.1 Å². The third kappa shape index (κ3) is 6.68. The maximum absolute atomic E-state index is 13.3. The minimum atomic E-state index is -0.416. The van der Waals surface area contributed by atoms with Crippen molar-refractivity contribution < 1.29 is 18.7 Å². The van der Waals surface area contributed by atoms with Crippen LogP contribution in [0.3, 0.4) is 0 Å². The molecule has 7 nitrogen and oxygen atoms in total. The predicted molar refractivity (Wildman–Crippen MR) is 135 cm³/mol. The number of ether oxygens (including phenoxy) is 1. The molecule has 2 amide bonds. The minimum Gasteiger partial charge on any atom is -0.497 e. The van der Waals surface area contributed by atoms with Crippen molar-refractivity contribution in [1.82, 2.24) is 14.7 Å². The normalized spacial score (nSPS) is 11.3. The van der Waals surface area contributed by atoms with Crippen LogP contribution in [0.1, 0.15) is 56.6 Å². The maximum Gasteiger partial charge on any atom is 0.254 e. The zero-order valence-electron chi connectivity index (χ0n) is 21.0. The Kier molecular flexibility index (Phi) is 8.27. The van der Waals surface area contributed by atoms with Gasteiger partial charge in [0.25, 0.3) is 5.91 Å². The summed E-state index contributed by atoms with van der Waals surface area (Å²) >= 11 is 0. The molecule has 0 saturated carbocycles. The molecule has 0 saturated heterocycles. The number of anilines is 1. The summed E-state index contributed by atoms with van der Waals surface area (Å²) in [6.45, 7) is 8.45. The van der Waals surface area contributed by atoms with Crippen molar-refractivity contribution in [3.63, 3.8) is 0 Å². The van der Waals surface area contributed by atoms with E-state index in [9.17, 15) is 14.0 Å². The van der Waals surface area contributed by atoms with E-state index in [1.54, 1.807) is 11.8 Å². The minimum absolute atomic E-state index is 0.130. The second-order valence-corrected chi connectivity index (χ2v) is 9.41. The lowest BCUT2D eigenvalue weighted by molar-refractivity contribution is -0.117. The molecule has 0 aliphatic carbocycles. The molecule has 8 heteroatoms. The molecule has 35 heavy (non-hydrogen) atoms. The third-order valence-corrected chi connectivity index (χ3v) is 5.56. The average molecular weight is 481 g/mol. The van der Waals surface area contributed by atoms with Crippen LogP contribution in [0.15, 0.2) is 54.6 Å². The van der Waals surface area contributed by atoms with Gasteiger partial charge in [0.15, 0.2) is 0 Å². The van der Waals surface area contributed by atoms with E-state index in [1.165, 1.54) is 29.2 Å². The highest BCUT2D eigenvalue weighted by atomic mass is 19.1. The number of hydrogen-bond donors (Lipinski definition) is 1. The van der Waals surface area contributed by atoms with Crippen molar-refractivity contribution in [1.29, 1.82) is 0 Å². The number of unbranched alkanes of at least 4 members (excludes halogenated alkanes) is 1. The molecule has 0 atom stereocenters. The van der Waals surface area contributed by atoms with E-state index < -0.39 is 5.82 Å². The summed E-state index contributed by atoms with van der Waals surface area (Å²) in [7, 11) is 1.60. The van der Waals surface area contributed by atoms with Gasteiger partial charge in [0, 0.05) is 23.6 Å². The van der Waals surface area contributed by atoms with Crippen LogP contribution >= 0.6 is 0 Å². The number of halogens is 1. The van der Waals surface area contributed by atoms with Crippen LogP contribution in [0.2, 0.25) is 0 Å². The first-order valence-corrected chi connectivity index (χ1v) is 11.7. The smallest absolute Gasteiger partial charge is 0.254 e. The molecule has 0 bridgehead atoms. The van der Waals surface area contributed by atoms with Crippen molar-refractivity contribution in [2.24, 2.45) is 0 Å². The molecule has 0 aliphatic rings. The molecule has 186 valence electrons. The van der Waals surface area contributed by atoms with Crippen LogP contribution in [0.4, 0.5) is 10.2 Å². The zero-order chi connectivity index (χ0) is 25.6. The largest absolute Gasteiger partial charge is 0.497 e. The molecule has 0 radical (unpaired) electrons. The van der Waals surface area contributed by atoms with E-state index in [2.05, 4.69) is 5.32 Å². The Morgan fingerprint density at radius 1 is 1.09 bits per heavy atom. The fourth-order valence-electron chi connectivity index (χ4n) is 3.49. The van der Waals surface area contributed by atoms with Gasteiger partial charge in [-0.2, -0.15) is 5.10 Å². The van der Waals surface area contributed by atoms with E-state index in [1.807, 2.05) is 58.0 Å². The predicted octanol–water partition coefficient (Wildman–Crippen LogP) is 5.20. The monoisotopic (exact) mass is 480 g/mol. The summed E-state index contributed by atoms with van der Waals surface area (Å²) in [6, 6.07) is 14.6. The Bertz CT molecular complexity index is 1150. The number of nitrogens with one attached hydrogen (secondary N) is 1. The number of benzene rings is 2.